The fourth-order valence-electron chi connectivity index (χ4n) is 2.26. The normalized spacial score (nSPS) is 27.4. The minimum Gasteiger partial charge on any atom is -0.466 e. The first kappa shape index (κ1) is 15.3. The Bertz CT molecular complexity index is 245. The van der Waals surface area contributed by atoms with Crippen LogP contribution in [0.3, 0.4) is 0 Å². The van der Waals surface area contributed by atoms with E-state index < -0.39 is 0 Å². The van der Waals surface area contributed by atoms with E-state index >= 15 is 0 Å². The molecule has 1 heterocycles. The van der Waals surface area contributed by atoms with Gasteiger partial charge in [0.15, 0.2) is 0 Å². The lowest BCUT2D eigenvalue weighted by atomic mass is 10.0. The highest BCUT2D eigenvalue weighted by Crippen LogP contribution is 2.14. The summed E-state index contributed by atoms with van der Waals surface area (Å²) >= 11 is 0. The Labute approximate surface area is 112 Å². The number of allylic oxidation sites excluding steroid dienone is 2. The van der Waals surface area contributed by atoms with E-state index in [0.717, 1.165) is 19.3 Å². The average Bonchev–Trinajstić information content (AvgIpc) is 2.36. The topological polar surface area (TPSA) is 26.3 Å². The van der Waals surface area contributed by atoms with Crippen LogP contribution in [0, 0.1) is 5.92 Å². The van der Waals surface area contributed by atoms with Gasteiger partial charge in [-0.3, -0.25) is 4.79 Å². The van der Waals surface area contributed by atoms with Gasteiger partial charge >= 0.3 is 5.97 Å². The smallest absolute Gasteiger partial charge is 0.305 e. The molecule has 1 unspecified atom stereocenters. The molecule has 2 nitrogen and oxygen atoms in total. The van der Waals surface area contributed by atoms with Crippen molar-refractivity contribution < 1.29 is 9.53 Å². The monoisotopic (exact) mass is 252 g/mol. The Morgan fingerprint density at radius 3 is 2.61 bits per heavy atom. The average molecular weight is 252 g/mol. The fraction of sp³-hybridized carbons (Fsp3) is 0.812. The third kappa shape index (κ3) is 8.32. The van der Waals surface area contributed by atoms with Crippen molar-refractivity contribution >= 4 is 5.97 Å². The Kier molecular flexibility index (Phi) is 8.62. The lowest BCUT2D eigenvalue weighted by Crippen LogP contribution is -2.07. The van der Waals surface area contributed by atoms with E-state index in [-0.39, 0.29) is 5.97 Å². The first-order chi connectivity index (χ1) is 8.79. The summed E-state index contributed by atoms with van der Waals surface area (Å²) in [5.74, 6) is 0.569. The maximum atomic E-state index is 11.5. The van der Waals surface area contributed by atoms with Gasteiger partial charge in [-0.25, -0.2) is 0 Å². The summed E-state index contributed by atoms with van der Waals surface area (Å²) in [6.07, 6.45) is 15.9. The molecule has 1 rings (SSSR count). The molecule has 0 amide bonds. The Hall–Kier alpha value is -0.790. The second-order valence-corrected chi connectivity index (χ2v) is 5.48. The van der Waals surface area contributed by atoms with Crippen molar-refractivity contribution in [1.29, 1.82) is 0 Å². The number of hydrogen-bond donors (Lipinski definition) is 0. The van der Waals surface area contributed by atoms with Crippen molar-refractivity contribution in [2.24, 2.45) is 5.92 Å². The largest absolute Gasteiger partial charge is 0.466 e. The SMILES string of the molecule is CC1C/C=C/CCCCCCCCOC(=O)CC1. The number of rotatable bonds is 0. The molecule has 0 aromatic heterocycles. The van der Waals surface area contributed by atoms with Crippen LogP contribution in [0.1, 0.15) is 71.1 Å². The highest BCUT2D eigenvalue weighted by molar-refractivity contribution is 5.69. The number of ether oxygens (including phenoxy) is 1. The van der Waals surface area contributed by atoms with Gasteiger partial charge in [-0.1, -0.05) is 44.8 Å². The molecule has 0 N–H and O–H groups in total. The number of esters is 1. The van der Waals surface area contributed by atoms with Gasteiger partial charge in [0.2, 0.25) is 0 Å². The van der Waals surface area contributed by atoms with E-state index in [1.165, 1.54) is 38.5 Å². The van der Waals surface area contributed by atoms with E-state index in [2.05, 4.69) is 19.1 Å². The van der Waals surface area contributed by atoms with Crippen molar-refractivity contribution in [2.75, 3.05) is 6.61 Å². The maximum absolute atomic E-state index is 11.5. The molecule has 0 saturated carbocycles. The molecule has 1 atom stereocenters. The van der Waals surface area contributed by atoms with E-state index in [9.17, 15) is 4.79 Å². The highest BCUT2D eigenvalue weighted by atomic mass is 16.5. The van der Waals surface area contributed by atoms with Crippen LogP contribution in [-0.2, 0) is 9.53 Å². The van der Waals surface area contributed by atoms with Crippen molar-refractivity contribution in [1.82, 2.24) is 0 Å². The predicted octanol–water partition coefficient (Wildman–Crippen LogP) is 4.64. The first-order valence-corrected chi connectivity index (χ1v) is 7.59. The summed E-state index contributed by atoms with van der Waals surface area (Å²) in [5, 5.41) is 0. The molecule has 0 bridgehead atoms. The molecule has 2 heteroatoms. The van der Waals surface area contributed by atoms with E-state index in [4.69, 9.17) is 4.74 Å². The predicted molar refractivity (Wildman–Crippen MR) is 75.4 cm³/mol. The molecular weight excluding hydrogens is 224 g/mol. The molecule has 1 aliphatic heterocycles. The zero-order valence-corrected chi connectivity index (χ0v) is 11.8. The number of carbonyl (C=O) groups is 1. The van der Waals surface area contributed by atoms with Gasteiger partial charge in [0.1, 0.15) is 0 Å². The molecule has 18 heavy (non-hydrogen) atoms. The molecule has 0 fully saturated rings. The highest BCUT2D eigenvalue weighted by Gasteiger charge is 2.06. The lowest BCUT2D eigenvalue weighted by molar-refractivity contribution is -0.144. The van der Waals surface area contributed by atoms with Gasteiger partial charge in [-0.05, 0) is 38.0 Å². The summed E-state index contributed by atoms with van der Waals surface area (Å²) in [6.45, 7) is 2.83. The first-order valence-electron chi connectivity index (χ1n) is 7.59. The Balaban J connectivity index is 2.29. The summed E-state index contributed by atoms with van der Waals surface area (Å²) in [4.78, 5) is 11.5. The van der Waals surface area contributed by atoms with Gasteiger partial charge in [-0.2, -0.15) is 0 Å². The van der Waals surface area contributed by atoms with Crippen LogP contribution in [-0.4, -0.2) is 12.6 Å². The molecule has 0 spiro atoms. The number of cyclic esters (lactones) is 1. The second kappa shape index (κ2) is 10.2. The molecule has 0 radical (unpaired) electrons. The Morgan fingerprint density at radius 1 is 1.06 bits per heavy atom. The molecule has 0 aromatic rings. The third-order valence-electron chi connectivity index (χ3n) is 3.57. The van der Waals surface area contributed by atoms with Gasteiger partial charge in [0, 0.05) is 6.42 Å². The third-order valence-corrected chi connectivity index (χ3v) is 3.57. The van der Waals surface area contributed by atoms with Crippen molar-refractivity contribution in [3.8, 4) is 0 Å². The molecular formula is C16H28O2. The minimum atomic E-state index is -0.0158. The minimum absolute atomic E-state index is 0.0158. The van der Waals surface area contributed by atoms with E-state index in [0.29, 0.717) is 18.9 Å². The maximum Gasteiger partial charge on any atom is 0.305 e. The van der Waals surface area contributed by atoms with Gasteiger partial charge < -0.3 is 4.74 Å². The van der Waals surface area contributed by atoms with Gasteiger partial charge in [-0.15, -0.1) is 0 Å². The molecule has 0 aromatic carbocycles. The van der Waals surface area contributed by atoms with Crippen LogP contribution in [0.2, 0.25) is 0 Å². The van der Waals surface area contributed by atoms with Crippen molar-refractivity contribution in [3.05, 3.63) is 12.2 Å². The summed E-state index contributed by atoms with van der Waals surface area (Å²) in [7, 11) is 0. The van der Waals surface area contributed by atoms with E-state index in [1.807, 2.05) is 0 Å². The second-order valence-electron chi connectivity index (χ2n) is 5.48. The van der Waals surface area contributed by atoms with Gasteiger partial charge in [0.05, 0.1) is 6.61 Å². The molecule has 104 valence electrons. The van der Waals surface area contributed by atoms with Crippen LogP contribution >= 0.6 is 0 Å². The fourth-order valence-corrected chi connectivity index (χ4v) is 2.26. The van der Waals surface area contributed by atoms with Gasteiger partial charge in [0.25, 0.3) is 0 Å². The number of carbonyl (C=O) groups excluding carboxylic acids is 1. The standard InChI is InChI=1S/C16H28O2/c1-15-11-9-7-5-3-2-4-6-8-10-14-18-16(17)13-12-15/h7,9,15H,2-6,8,10-14H2,1H3/b9-7+. The van der Waals surface area contributed by atoms with Crippen molar-refractivity contribution in [2.45, 2.75) is 71.1 Å². The van der Waals surface area contributed by atoms with Crippen LogP contribution in [0.5, 0.6) is 0 Å². The zero-order valence-electron chi connectivity index (χ0n) is 11.8. The molecule has 0 aliphatic carbocycles. The summed E-state index contributed by atoms with van der Waals surface area (Å²) < 4.78 is 5.23. The summed E-state index contributed by atoms with van der Waals surface area (Å²) in [5.41, 5.74) is 0. The zero-order chi connectivity index (χ0) is 13.1. The van der Waals surface area contributed by atoms with E-state index in [1.54, 1.807) is 0 Å². The van der Waals surface area contributed by atoms with Crippen molar-refractivity contribution in [3.63, 3.8) is 0 Å². The molecule has 1 aliphatic rings. The van der Waals surface area contributed by atoms with Crippen LogP contribution in [0.15, 0.2) is 12.2 Å². The number of hydrogen-bond acceptors (Lipinski definition) is 2. The van der Waals surface area contributed by atoms with Crippen LogP contribution in [0.25, 0.3) is 0 Å². The quantitative estimate of drug-likeness (QED) is 0.464. The summed E-state index contributed by atoms with van der Waals surface area (Å²) in [6, 6.07) is 0. The van der Waals surface area contributed by atoms with Crippen LogP contribution < -0.4 is 0 Å². The Morgan fingerprint density at radius 2 is 1.78 bits per heavy atom. The molecule has 0 saturated heterocycles. The van der Waals surface area contributed by atoms with Crippen LogP contribution in [0.4, 0.5) is 0 Å². The lowest BCUT2D eigenvalue weighted by Gasteiger charge is -2.09.